The SMILES string of the molecule is CC1(C)CC[C@]2(C(=O)NCC(F)(F)F)CC[C@]3(C)[C@H]([C@H](O)C[C@@H]4[C@@]5(C)CC(C#N)=C(O)C(C)(C)[C@@H]5CC[C@]43C)[C@@H]2C1. The molecule has 4 saturated carbocycles. The minimum Gasteiger partial charge on any atom is -0.511 e. The Kier molecular flexibility index (Phi) is 6.84. The zero-order valence-electron chi connectivity index (χ0n) is 25.8. The maximum atomic E-state index is 13.7. The summed E-state index contributed by atoms with van der Waals surface area (Å²) in [6, 6.07) is 2.28. The molecule has 4 fully saturated rings. The summed E-state index contributed by atoms with van der Waals surface area (Å²) in [5, 5.41) is 35.4. The molecule has 0 aromatic rings. The van der Waals surface area contributed by atoms with E-state index in [-0.39, 0.29) is 51.1 Å². The van der Waals surface area contributed by atoms with Crippen LogP contribution in [0, 0.1) is 67.5 Å². The summed E-state index contributed by atoms with van der Waals surface area (Å²) in [7, 11) is 0. The maximum Gasteiger partial charge on any atom is 0.405 e. The van der Waals surface area contributed by atoms with Gasteiger partial charge in [0.1, 0.15) is 12.3 Å². The van der Waals surface area contributed by atoms with Crippen molar-refractivity contribution in [2.75, 3.05) is 6.54 Å². The molecule has 0 spiro atoms. The molecule has 0 saturated heterocycles. The van der Waals surface area contributed by atoms with Gasteiger partial charge >= 0.3 is 6.18 Å². The van der Waals surface area contributed by atoms with E-state index >= 15 is 0 Å². The number of nitrogens with zero attached hydrogens (tertiary/aromatic N) is 1. The van der Waals surface area contributed by atoms with Crippen LogP contribution in [0.15, 0.2) is 11.3 Å². The van der Waals surface area contributed by atoms with Gasteiger partial charge in [-0.05, 0) is 103 Å². The molecule has 0 unspecified atom stereocenters. The highest BCUT2D eigenvalue weighted by molar-refractivity contribution is 5.83. The van der Waals surface area contributed by atoms with Crippen molar-refractivity contribution in [3.05, 3.63) is 11.3 Å². The average Bonchev–Trinajstić information content (AvgIpc) is 2.85. The van der Waals surface area contributed by atoms with Gasteiger partial charge in [0, 0.05) is 5.41 Å². The fraction of sp³-hybridized carbons (Fsp3) is 0.879. The predicted molar refractivity (Wildman–Crippen MR) is 150 cm³/mol. The molecule has 0 radical (unpaired) electrons. The highest BCUT2D eigenvalue weighted by Crippen LogP contribution is 2.77. The quantitative estimate of drug-likeness (QED) is 0.317. The molecular formula is C33H49F3N2O3. The van der Waals surface area contributed by atoms with Crippen LogP contribution in [0.1, 0.15) is 106 Å². The van der Waals surface area contributed by atoms with Crippen molar-refractivity contribution in [2.24, 2.45) is 56.2 Å². The van der Waals surface area contributed by atoms with E-state index in [0.717, 1.165) is 19.3 Å². The summed E-state index contributed by atoms with van der Waals surface area (Å²) in [6.07, 6.45) is 0.864. The van der Waals surface area contributed by atoms with Crippen molar-refractivity contribution in [1.82, 2.24) is 5.32 Å². The fourth-order valence-electron chi connectivity index (χ4n) is 11.7. The first-order chi connectivity index (χ1) is 18.7. The Balaban J connectivity index is 1.57. The van der Waals surface area contributed by atoms with Gasteiger partial charge in [-0.1, -0.05) is 48.5 Å². The number of alkyl halides is 3. The number of halogens is 3. The van der Waals surface area contributed by atoms with E-state index in [1.54, 1.807) is 0 Å². The van der Waals surface area contributed by atoms with Crippen LogP contribution in [0.3, 0.4) is 0 Å². The van der Waals surface area contributed by atoms with Crippen LogP contribution in [0.2, 0.25) is 0 Å². The smallest absolute Gasteiger partial charge is 0.405 e. The number of carbonyl (C=O) groups excluding carboxylic acids is 1. The number of rotatable bonds is 2. The second kappa shape index (κ2) is 9.13. The summed E-state index contributed by atoms with van der Waals surface area (Å²) >= 11 is 0. The zero-order valence-corrected chi connectivity index (χ0v) is 25.8. The van der Waals surface area contributed by atoms with Gasteiger partial charge in [0.05, 0.1) is 23.2 Å². The second-order valence-corrected chi connectivity index (χ2v) is 16.6. The molecule has 5 nitrogen and oxygen atoms in total. The lowest BCUT2D eigenvalue weighted by Crippen LogP contribution is -2.70. The molecule has 3 N–H and O–H groups in total. The van der Waals surface area contributed by atoms with Gasteiger partial charge in [-0.2, -0.15) is 18.4 Å². The lowest BCUT2D eigenvalue weighted by atomic mass is 9.31. The standard InChI is InChI=1S/C33H49F3N2O3/c1-27(2)10-12-32(26(41)38-18-33(34,35)36)13-11-31(7)24(20(32)16-27)21(39)14-23-29(5)15-19(17-37)25(40)28(3,4)22(29)8-9-30(23,31)6/h20-24,39-40H,8-16,18H2,1-7H3,(H,38,41)/t20-,21+,22-,23+,24-,29-,30+,31+,32-/m0/s1. The van der Waals surface area contributed by atoms with Crippen LogP contribution in [0.4, 0.5) is 13.2 Å². The van der Waals surface area contributed by atoms with Crippen LogP contribution in [-0.4, -0.2) is 34.9 Å². The van der Waals surface area contributed by atoms with Crippen molar-refractivity contribution in [2.45, 2.75) is 119 Å². The molecule has 5 rings (SSSR count). The number of nitrogens with one attached hydrogen (secondary N) is 1. The molecule has 0 heterocycles. The van der Waals surface area contributed by atoms with E-state index in [2.05, 4.69) is 46.0 Å². The van der Waals surface area contributed by atoms with E-state index in [0.29, 0.717) is 44.1 Å². The topological polar surface area (TPSA) is 93.4 Å². The molecular weight excluding hydrogens is 529 g/mol. The molecule has 5 aliphatic rings. The minimum atomic E-state index is -4.48. The lowest BCUT2D eigenvalue weighted by Gasteiger charge is -2.73. The molecule has 5 aliphatic carbocycles. The Hall–Kier alpha value is -1.75. The van der Waals surface area contributed by atoms with Crippen LogP contribution >= 0.6 is 0 Å². The van der Waals surface area contributed by atoms with Gasteiger partial charge in [-0.25, -0.2) is 0 Å². The molecule has 0 aromatic carbocycles. The number of aliphatic hydroxyl groups excluding tert-OH is 2. The van der Waals surface area contributed by atoms with Crippen LogP contribution in [-0.2, 0) is 4.79 Å². The third-order valence-electron chi connectivity index (χ3n) is 13.9. The number of fused-ring (bicyclic) bond motifs is 7. The monoisotopic (exact) mass is 578 g/mol. The molecule has 0 aliphatic heterocycles. The lowest BCUT2D eigenvalue weighted by molar-refractivity contribution is -0.265. The molecule has 1 amide bonds. The van der Waals surface area contributed by atoms with Crippen LogP contribution in [0.25, 0.3) is 0 Å². The summed E-state index contributed by atoms with van der Waals surface area (Å²) < 4.78 is 39.5. The number of hydrogen-bond donors (Lipinski definition) is 3. The molecule has 0 bridgehead atoms. The van der Waals surface area contributed by atoms with Gasteiger partial charge in [0.2, 0.25) is 5.91 Å². The van der Waals surface area contributed by atoms with E-state index in [1.807, 2.05) is 13.8 Å². The fourth-order valence-corrected chi connectivity index (χ4v) is 11.7. The largest absolute Gasteiger partial charge is 0.511 e. The Morgan fingerprint density at radius 3 is 2.24 bits per heavy atom. The van der Waals surface area contributed by atoms with Crippen molar-refractivity contribution in [3.8, 4) is 6.07 Å². The third kappa shape index (κ3) is 4.21. The molecule has 0 aromatic heterocycles. The Labute approximate surface area is 243 Å². The Bertz CT molecular complexity index is 1190. The first-order valence-electron chi connectivity index (χ1n) is 15.5. The van der Waals surface area contributed by atoms with E-state index in [4.69, 9.17) is 0 Å². The molecule has 8 heteroatoms. The number of amides is 1. The number of nitriles is 1. The normalized spacial score (nSPS) is 46.7. The highest BCUT2D eigenvalue weighted by atomic mass is 19.4. The summed E-state index contributed by atoms with van der Waals surface area (Å²) in [6.45, 7) is 14.0. The highest BCUT2D eigenvalue weighted by Gasteiger charge is 2.72. The number of hydrogen-bond acceptors (Lipinski definition) is 4. The number of allylic oxidation sites excluding steroid dienone is 2. The van der Waals surface area contributed by atoms with Crippen molar-refractivity contribution in [1.29, 1.82) is 5.26 Å². The van der Waals surface area contributed by atoms with Crippen molar-refractivity contribution in [3.63, 3.8) is 0 Å². The van der Waals surface area contributed by atoms with E-state index in [1.165, 1.54) is 0 Å². The average molecular weight is 579 g/mol. The zero-order chi connectivity index (χ0) is 30.6. The molecule has 41 heavy (non-hydrogen) atoms. The predicted octanol–water partition coefficient (Wildman–Crippen LogP) is 7.46. The van der Waals surface area contributed by atoms with Crippen molar-refractivity contribution >= 4 is 5.91 Å². The second-order valence-electron chi connectivity index (χ2n) is 16.6. The first kappa shape index (κ1) is 30.7. The van der Waals surface area contributed by atoms with Crippen LogP contribution < -0.4 is 5.32 Å². The summed E-state index contributed by atoms with van der Waals surface area (Å²) in [4.78, 5) is 13.7. The third-order valence-corrected chi connectivity index (χ3v) is 13.9. The van der Waals surface area contributed by atoms with Crippen molar-refractivity contribution < 1.29 is 28.2 Å². The first-order valence-corrected chi connectivity index (χ1v) is 15.5. The van der Waals surface area contributed by atoms with Gasteiger partial charge in [-0.3, -0.25) is 4.79 Å². The van der Waals surface area contributed by atoms with Gasteiger partial charge in [0.15, 0.2) is 0 Å². The minimum absolute atomic E-state index is 0.0742. The van der Waals surface area contributed by atoms with E-state index in [9.17, 15) is 33.4 Å². The van der Waals surface area contributed by atoms with Gasteiger partial charge in [-0.15, -0.1) is 0 Å². The van der Waals surface area contributed by atoms with Gasteiger partial charge < -0.3 is 15.5 Å². The molecule has 9 atom stereocenters. The Morgan fingerprint density at radius 2 is 1.63 bits per heavy atom. The number of aliphatic hydroxyl groups is 2. The summed E-state index contributed by atoms with van der Waals surface area (Å²) in [5.41, 5.74) is -1.91. The van der Waals surface area contributed by atoms with Crippen LogP contribution in [0.5, 0.6) is 0 Å². The van der Waals surface area contributed by atoms with Gasteiger partial charge in [0.25, 0.3) is 0 Å². The van der Waals surface area contributed by atoms with E-state index < -0.39 is 35.6 Å². The maximum absolute atomic E-state index is 13.7. The number of carbonyl (C=O) groups is 1. The summed E-state index contributed by atoms with van der Waals surface area (Å²) in [5.74, 6) is -0.460. The molecule has 230 valence electrons. The Morgan fingerprint density at radius 1 is 1.00 bits per heavy atom.